The lowest BCUT2D eigenvalue weighted by Crippen LogP contribution is -2.01. The van der Waals surface area contributed by atoms with Crippen molar-refractivity contribution in [3.8, 4) is 5.75 Å². The summed E-state index contributed by atoms with van der Waals surface area (Å²) >= 11 is 6.15. The monoisotopic (exact) mass is 228 g/mol. The molecule has 0 spiro atoms. The molecule has 0 aliphatic heterocycles. The van der Waals surface area contributed by atoms with Crippen LogP contribution < -0.4 is 4.74 Å². The van der Waals surface area contributed by atoms with Crippen LogP contribution in [-0.2, 0) is 6.42 Å². The van der Waals surface area contributed by atoms with Gasteiger partial charge >= 0.3 is 0 Å². The fraction of sp³-hybridized carbons (Fsp3) is 0.500. The Hall–Kier alpha value is -0.730. The topological polar surface area (TPSA) is 29.5 Å². The van der Waals surface area contributed by atoms with Crippen molar-refractivity contribution in [1.29, 1.82) is 0 Å². The first kappa shape index (κ1) is 12.3. The zero-order chi connectivity index (χ0) is 11.4. The van der Waals surface area contributed by atoms with Crippen LogP contribution in [0, 0.1) is 0 Å². The molecular formula is C12H17ClO2. The highest BCUT2D eigenvalue weighted by Gasteiger charge is 2.12. The molecule has 1 aromatic carbocycles. The molecule has 0 saturated carbocycles. The van der Waals surface area contributed by atoms with Gasteiger partial charge in [-0.05, 0) is 24.1 Å². The highest BCUT2D eigenvalue weighted by atomic mass is 35.5. The van der Waals surface area contributed by atoms with Crippen molar-refractivity contribution in [2.45, 2.75) is 26.2 Å². The maximum atomic E-state index is 9.09. The third-order valence-electron chi connectivity index (χ3n) is 2.59. The van der Waals surface area contributed by atoms with Gasteiger partial charge in [-0.15, -0.1) is 0 Å². The Morgan fingerprint density at radius 1 is 1.47 bits per heavy atom. The Kier molecular flexibility index (Phi) is 4.43. The van der Waals surface area contributed by atoms with E-state index >= 15 is 0 Å². The van der Waals surface area contributed by atoms with Gasteiger partial charge in [-0.25, -0.2) is 0 Å². The molecule has 0 radical (unpaired) electrons. The van der Waals surface area contributed by atoms with Crippen molar-refractivity contribution >= 4 is 11.6 Å². The van der Waals surface area contributed by atoms with Gasteiger partial charge < -0.3 is 9.84 Å². The molecule has 0 aliphatic rings. The van der Waals surface area contributed by atoms with Gasteiger partial charge in [-0.2, -0.15) is 0 Å². The fourth-order valence-corrected chi connectivity index (χ4v) is 1.90. The summed E-state index contributed by atoms with van der Waals surface area (Å²) in [7, 11) is 1.64. The molecule has 0 amide bonds. The minimum absolute atomic E-state index is 0.0855. The van der Waals surface area contributed by atoms with Gasteiger partial charge in [0.2, 0.25) is 0 Å². The van der Waals surface area contributed by atoms with E-state index < -0.39 is 0 Å². The number of aliphatic hydroxyl groups is 1. The summed E-state index contributed by atoms with van der Waals surface area (Å²) in [6.07, 6.45) is 0.843. The number of methoxy groups -OCH3 is 1. The zero-order valence-corrected chi connectivity index (χ0v) is 10.1. The quantitative estimate of drug-likeness (QED) is 0.859. The lowest BCUT2D eigenvalue weighted by Gasteiger charge is -2.14. The minimum Gasteiger partial charge on any atom is -0.496 e. The second kappa shape index (κ2) is 5.38. The first-order chi connectivity index (χ1) is 7.13. The summed E-state index contributed by atoms with van der Waals surface area (Å²) in [5.74, 6) is 0.891. The highest BCUT2D eigenvalue weighted by Crippen LogP contribution is 2.31. The molecule has 0 aromatic heterocycles. The van der Waals surface area contributed by atoms with E-state index in [1.165, 1.54) is 0 Å². The molecule has 1 atom stereocenters. The van der Waals surface area contributed by atoms with Crippen molar-refractivity contribution in [1.82, 2.24) is 0 Å². The molecule has 3 heteroatoms. The predicted molar refractivity (Wildman–Crippen MR) is 62.9 cm³/mol. The van der Waals surface area contributed by atoms with Gasteiger partial charge in [0.05, 0.1) is 7.11 Å². The van der Waals surface area contributed by atoms with E-state index in [1.54, 1.807) is 7.11 Å². The summed E-state index contributed by atoms with van der Waals surface area (Å²) in [5.41, 5.74) is 2.03. The van der Waals surface area contributed by atoms with Crippen molar-refractivity contribution in [3.63, 3.8) is 0 Å². The van der Waals surface area contributed by atoms with Crippen LogP contribution >= 0.6 is 11.6 Å². The van der Waals surface area contributed by atoms with E-state index in [1.807, 2.05) is 26.0 Å². The maximum absolute atomic E-state index is 9.09. The molecule has 1 aromatic rings. The molecule has 0 saturated heterocycles. The summed E-state index contributed by atoms with van der Waals surface area (Å²) < 4.78 is 5.29. The Morgan fingerprint density at radius 2 is 2.13 bits per heavy atom. The largest absolute Gasteiger partial charge is 0.496 e. The Morgan fingerprint density at radius 3 is 2.60 bits per heavy atom. The summed E-state index contributed by atoms with van der Waals surface area (Å²) in [6.45, 7) is 4.11. The Balaban J connectivity index is 3.19. The molecule has 84 valence electrons. The van der Waals surface area contributed by atoms with Crippen LogP contribution in [0.4, 0.5) is 0 Å². The van der Waals surface area contributed by atoms with E-state index in [-0.39, 0.29) is 12.5 Å². The average molecular weight is 229 g/mol. The van der Waals surface area contributed by atoms with Crippen LogP contribution in [-0.4, -0.2) is 18.8 Å². The van der Waals surface area contributed by atoms with Crippen LogP contribution in [0.5, 0.6) is 5.75 Å². The molecule has 1 rings (SSSR count). The summed E-state index contributed by atoms with van der Waals surface area (Å²) in [5, 5.41) is 9.80. The molecule has 0 fully saturated rings. The molecule has 2 nitrogen and oxygen atoms in total. The van der Waals surface area contributed by atoms with Crippen molar-refractivity contribution < 1.29 is 9.84 Å². The third-order valence-corrected chi connectivity index (χ3v) is 2.93. The third kappa shape index (κ3) is 2.64. The average Bonchev–Trinajstić information content (AvgIpc) is 2.26. The molecule has 1 N–H and O–H groups in total. The number of aliphatic hydroxyl groups excluding tert-OH is 1. The number of hydrogen-bond acceptors (Lipinski definition) is 2. The molecule has 0 aliphatic carbocycles. The minimum atomic E-state index is 0.0855. The van der Waals surface area contributed by atoms with Crippen molar-refractivity contribution in [3.05, 3.63) is 28.3 Å². The standard InChI is InChI=1S/C12H17ClO2/c1-4-10-11(13)5-9(8(2)7-14)6-12(10)15-3/h5-6,8,14H,4,7H2,1-3H3. The highest BCUT2D eigenvalue weighted by molar-refractivity contribution is 6.31. The molecule has 0 bridgehead atoms. The molecule has 1 unspecified atom stereocenters. The second-order valence-corrected chi connectivity index (χ2v) is 4.03. The van der Waals surface area contributed by atoms with E-state index in [4.69, 9.17) is 21.4 Å². The SMILES string of the molecule is CCc1c(Cl)cc(C(C)CO)cc1OC. The van der Waals surface area contributed by atoms with Gasteiger partial charge in [0.15, 0.2) is 0 Å². The van der Waals surface area contributed by atoms with Crippen molar-refractivity contribution in [2.75, 3.05) is 13.7 Å². The molecule has 0 heterocycles. The predicted octanol–water partition coefficient (Wildman–Crippen LogP) is 3.01. The first-order valence-electron chi connectivity index (χ1n) is 5.11. The number of ether oxygens (including phenoxy) is 1. The smallest absolute Gasteiger partial charge is 0.123 e. The zero-order valence-electron chi connectivity index (χ0n) is 9.38. The van der Waals surface area contributed by atoms with Gasteiger partial charge in [-0.3, -0.25) is 0 Å². The molecule has 15 heavy (non-hydrogen) atoms. The lowest BCUT2D eigenvalue weighted by molar-refractivity contribution is 0.273. The lowest BCUT2D eigenvalue weighted by atomic mass is 9.99. The van der Waals surface area contributed by atoms with Gasteiger partial charge in [-0.1, -0.05) is 25.4 Å². The van der Waals surface area contributed by atoms with Crippen molar-refractivity contribution in [2.24, 2.45) is 0 Å². The Labute approximate surface area is 95.8 Å². The van der Waals surface area contributed by atoms with E-state index in [0.29, 0.717) is 5.02 Å². The van der Waals surface area contributed by atoms with Crippen LogP contribution in [0.15, 0.2) is 12.1 Å². The van der Waals surface area contributed by atoms with Crippen LogP contribution in [0.1, 0.15) is 30.9 Å². The number of benzene rings is 1. The number of hydrogen-bond donors (Lipinski definition) is 1. The van der Waals surface area contributed by atoms with E-state index in [9.17, 15) is 0 Å². The number of halogens is 1. The van der Waals surface area contributed by atoms with E-state index in [0.717, 1.165) is 23.3 Å². The Bertz CT molecular complexity index is 337. The van der Waals surface area contributed by atoms with Crippen LogP contribution in [0.2, 0.25) is 5.02 Å². The molecular weight excluding hydrogens is 212 g/mol. The second-order valence-electron chi connectivity index (χ2n) is 3.62. The first-order valence-corrected chi connectivity index (χ1v) is 5.49. The summed E-state index contributed by atoms with van der Waals surface area (Å²) in [6, 6.07) is 3.86. The van der Waals surface area contributed by atoms with Crippen LogP contribution in [0.25, 0.3) is 0 Å². The van der Waals surface area contributed by atoms with Gasteiger partial charge in [0.25, 0.3) is 0 Å². The van der Waals surface area contributed by atoms with E-state index in [2.05, 4.69) is 0 Å². The van der Waals surface area contributed by atoms with Gasteiger partial charge in [0.1, 0.15) is 5.75 Å². The van der Waals surface area contributed by atoms with Gasteiger partial charge in [0, 0.05) is 23.1 Å². The fourth-order valence-electron chi connectivity index (χ4n) is 1.55. The summed E-state index contributed by atoms with van der Waals surface area (Å²) in [4.78, 5) is 0. The van der Waals surface area contributed by atoms with Crippen LogP contribution in [0.3, 0.4) is 0 Å². The maximum Gasteiger partial charge on any atom is 0.123 e. The number of rotatable bonds is 4. The normalized spacial score (nSPS) is 12.6.